The second-order valence-electron chi connectivity index (χ2n) is 5.60. The van der Waals surface area contributed by atoms with Gasteiger partial charge in [0, 0.05) is 6.07 Å². The number of carboxylic acid groups (broad SMARTS) is 1. The van der Waals surface area contributed by atoms with Gasteiger partial charge < -0.3 is 10.4 Å². The highest BCUT2D eigenvalue weighted by molar-refractivity contribution is 5.96. The molecule has 1 aromatic rings. The van der Waals surface area contributed by atoms with E-state index in [1.165, 1.54) is 6.07 Å². The maximum atomic E-state index is 12.4. The first-order valence-corrected chi connectivity index (χ1v) is 6.98. The molecule has 0 aromatic carbocycles. The second-order valence-corrected chi connectivity index (χ2v) is 5.60. The molecule has 2 rings (SSSR count). The Morgan fingerprint density at radius 3 is 2.64 bits per heavy atom. The molecule has 8 nitrogen and oxygen atoms in total. The van der Waals surface area contributed by atoms with Crippen molar-refractivity contribution >= 4 is 17.6 Å². The Morgan fingerprint density at radius 2 is 2.09 bits per heavy atom. The van der Waals surface area contributed by atoms with Gasteiger partial charge in [0.05, 0.1) is 28.1 Å². The van der Waals surface area contributed by atoms with Crippen LogP contribution in [0.3, 0.4) is 0 Å². The van der Waals surface area contributed by atoms with E-state index in [1.807, 2.05) is 0 Å². The lowest BCUT2D eigenvalue weighted by atomic mass is 9.92. The number of rotatable bonds is 5. The van der Waals surface area contributed by atoms with Crippen molar-refractivity contribution < 1.29 is 19.6 Å². The number of nitrogens with zero attached hydrogens (tertiary/aromatic N) is 2. The van der Waals surface area contributed by atoms with Gasteiger partial charge in [0.25, 0.3) is 11.6 Å². The van der Waals surface area contributed by atoms with Crippen molar-refractivity contribution in [1.29, 1.82) is 0 Å². The third-order valence-electron chi connectivity index (χ3n) is 3.96. The minimum atomic E-state index is -0.976. The van der Waals surface area contributed by atoms with Gasteiger partial charge in [-0.05, 0) is 19.8 Å². The molecule has 1 fully saturated rings. The highest BCUT2D eigenvalue weighted by atomic mass is 16.6. The molecule has 0 unspecified atom stereocenters. The third kappa shape index (κ3) is 3.38. The van der Waals surface area contributed by atoms with E-state index < -0.39 is 22.3 Å². The average molecular weight is 307 g/mol. The number of nitrogens with one attached hydrogen (secondary N) is 1. The van der Waals surface area contributed by atoms with Crippen molar-refractivity contribution in [3.8, 4) is 0 Å². The number of aryl methyl sites for hydroxylation is 1. The van der Waals surface area contributed by atoms with E-state index in [-0.39, 0.29) is 17.7 Å². The summed E-state index contributed by atoms with van der Waals surface area (Å²) >= 11 is 0. The van der Waals surface area contributed by atoms with Crippen molar-refractivity contribution in [1.82, 2.24) is 10.3 Å². The number of carbonyl (C=O) groups excluding carboxylic acids is 1. The number of aliphatic carboxylic acids is 1. The summed E-state index contributed by atoms with van der Waals surface area (Å²) in [6, 6.07) is 1.17. The van der Waals surface area contributed by atoms with Crippen LogP contribution in [0.1, 0.15) is 48.2 Å². The molecule has 1 amide bonds. The summed E-state index contributed by atoms with van der Waals surface area (Å²) < 4.78 is 0. The first-order chi connectivity index (χ1) is 10.3. The second kappa shape index (κ2) is 6.08. The zero-order valence-corrected chi connectivity index (χ0v) is 12.2. The summed E-state index contributed by atoms with van der Waals surface area (Å²) in [5.74, 6) is -1.49. The molecular weight excluding hydrogens is 290 g/mol. The first kappa shape index (κ1) is 15.9. The van der Waals surface area contributed by atoms with Gasteiger partial charge in [0.2, 0.25) is 0 Å². The lowest BCUT2D eigenvalue weighted by molar-refractivity contribution is -0.385. The van der Waals surface area contributed by atoms with Gasteiger partial charge in [0.15, 0.2) is 0 Å². The largest absolute Gasteiger partial charge is 0.481 e. The molecule has 0 spiro atoms. The molecule has 0 radical (unpaired) electrons. The van der Waals surface area contributed by atoms with Gasteiger partial charge in [-0.15, -0.1) is 0 Å². The predicted molar refractivity (Wildman–Crippen MR) is 76.5 cm³/mol. The number of aromatic nitrogens is 1. The van der Waals surface area contributed by atoms with Crippen LogP contribution in [0.4, 0.5) is 5.69 Å². The minimum absolute atomic E-state index is 0.103. The van der Waals surface area contributed by atoms with Crippen LogP contribution in [0.5, 0.6) is 0 Å². The van der Waals surface area contributed by atoms with Gasteiger partial charge in [-0.2, -0.15) is 0 Å². The first-order valence-electron chi connectivity index (χ1n) is 6.98. The van der Waals surface area contributed by atoms with Crippen LogP contribution >= 0.6 is 0 Å². The highest BCUT2D eigenvalue weighted by Crippen LogP contribution is 2.33. The van der Waals surface area contributed by atoms with Crippen molar-refractivity contribution in [2.75, 3.05) is 0 Å². The average Bonchev–Trinajstić information content (AvgIpc) is 2.85. The van der Waals surface area contributed by atoms with Gasteiger partial charge in [-0.25, -0.2) is 0 Å². The normalized spacial score (nSPS) is 16.2. The van der Waals surface area contributed by atoms with E-state index in [2.05, 4.69) is 10.3 Å². The fourth-order valence-electron chi connectivity index (χ4n) is 2.85. The Balaban J connectivity index is 2.25. The monoisotopic (exact) mass is 307 g/mol. The number of pyridine rings is 1. The standard InChI is InChI=1S/C14H17N3O5/c1-9-11(6-10(8-15-9)17(21)22)13(20)16-14(7-12(18)19)4-2-3-5-14/h6,8H,2-5,7H2,1H3,(H,16,20)(H,18,19). The van der Waals surface area contributed by atoms with Crippen molar-refractivity contribution in [2.24, 2.45) is 0 Å². The van der Waals surface area contributed by atoms with Crippen LogP contribution in [0.15, 0.2) is 12.3 Å². The number of hydrogen-bond donors (Lipinski definition) is 2. The Morgan fingerprint density at radius 1 is 1.45 bits per heavy atom. The predicted octanol–water partition coefficient (Wildman–Crippen LogP) is 1.82. The molecule has 0 saturated heterocycles. The molecule has 2 N–H and O–H groups in total. The molecule has 1 aliphatic carbocycles. The molecule has 0 atom stereocenters. The fraction of sp³-hybridized carbons (Fsp3) is 0.500. The van der Waals surface area contributed by atoms with E-state index >= 15 is 0 Å². The molecule has 1 heterocycles. The number of carbonyl (C=O) groups is 2. The summed E-state index contributed by atoms with van der Waals surface area (Å²) in [5, 5.41) is 22.6. The van der Waals surface area contributed by atoms with E-state index in [1.54, 1.807) is 6.92 Å². The molecule has 1 aliphatic rings. The minimum Gasteiger partial charge on any atom is -0.481 e. The molecular formula is C14H17N3O5. The van der Waals surface area contributed by atoms with Gasteiger partial charge in [-0.3, -0.25) is 24.7 Å². The maximum Gasteiger partial charge on any atom is 0.305 e. The molecule has 1 aromatic heterocycles. The zero-order valence-electron chi connectivity index (χ0n) is 12.2. The Bertz CT molecular complexity index is 623. The molecule has 0 aliphatic heterocycles. The van der Waals surface area contributed by atoms with Crippen LogP contribution in [-0.2, 0) is 4.79 Å². The smallest absolute Gasteiger partial charge is 0.305 e. The Hall–Kier alpha value is -2.51. The van der Waals surface area contributed by atoms with Crippen LogP contribution in [0.25, 0.3) is 0 Å². The van der Waals surface area contributed by atoms with Gasteiger partial charge in [-0.1, -0.05) is 12.8 Å². The van der Waals surface area contributed by atoms with Gasteiger partial charge in [0.1, 0.15) is 6.20 Å². The van der Waals surface area contributed by atoms with Crippen LogP contribution in [0.2, 0.25) is 0 Å². The summed E-state index contributed by atoms with van der Waals surface area (Å²) in [4.78, 5) is 37.5. The quantitative estimate of drug-likeness (QED) is 0.632. The van der Waals surface area contributed by atoms with Crippen LogP contribution in [-0.4, -0.2) is 32.4 Å². The maximum absolute atomic E-state index is 12.4. The molecule has 22 heavy (non-hydrogen) atoms. The topological polar surface area (TPSA) is 122 Å². The Labute approximate surface area is 126 Å². The number of carboxylic acids is 1. The van der Waals surface area contributed by atoms with E-state index in [0.29, 0.717) is 18.5 Å². The lowest BCUT2D eigenvalue weighted by Gasteiger charge is -2.28. The van der Waals surface area contributed by atoms with Crippen molar-refractivity contribution in [3.63, 3.8) is 0 Å². The van der Waals surface area contributed by atoms with Crippen molar-refractivity contribution in [3.05, 3.63) is 33.6 Å². The summed E-state index contributed by atoms with van der Waals surface area (Å²) in [6.45, 7) is 1.58. The van der Waals surface area contributed by atoms with E-state index in [0.717, 1.165) is 19.0 Å². The number of hydrogen-bond acceptors (Lipinski definition) is 5. The van der Waals surface area contributed by atoms with Crippen molar-refractivity contribution in [2.45, 2.75) is 44.6 Å². The number of nitro groups is 1. The summed E-state index contributed by atoms with van der Waals surface area (Å²) in [7, 11) is 0. The molecule has 0 bridgehead atoms. The number of amides is 1. The van der Waals surface area contributed by atoms with Crippen LogP contribution < -0.4 is 5.32 Å². The highest BCUT2D eigenvalue weighted by Gasteiger charge is 2.38. The summed E-state index contributed by atoms with van der Waals surface area (Å²) in [5.41, 5.74) is -0.577. The fourth-order valence-corrected chi connectivity index (χ4v) is 2.85. The molecule has 118 valence electrons. The third-order valence-corrected chi connectivity index (χ3v) is 3.96. The molecule has 1 saturated carbocycles. The van der Waals surface area contributed by atoms with Gasteiger partial charge >= 0.3 is 5.97 Å². The summed E-state index contributed by atoms with van der Waals surface area (Å²) in [6.07, 6.45) is 3.81. The SMILES string of the molecule is Cc1ncc([N+](=O)[O-])cc1C(=O)NC1(CC(=O)O)CCCC1. The van der Waals surface area contributed by atoms with E-state index in [9.17, 15) is 19.7 Å². The lowest BCUT2D eigenvalue weighted by Crippen LogP contribution is -2.48. The Kier molecular flexibility index (Phi) is 4.39. The van der Waals surface area contributed by atoms with Crippen LogP contribution in [0, 0.1) is 17.0 Å². The molecule has 8 heteroatoms. The van der Waals surface area contributed by atoms with E-state index in [4.69, 9.17) is 5.11 Å². The zero-order chi connectivity index (χ0) is 16.3.